The van der Waals surface area contributed by atoms with E-state index in [1.54, 1.807) is 0 Å². The Hall–Kier alpha value is -1.58. The summed E-state index contributed by atoms with van der Waals surface area (Å²) in [7, 11) is 0. The maximum Gasteiger partial charge on any atom is 0.167 e. The molecular formula is C14H10Cl2FNO. The number of carbonyl (C=O) groups is 1. The number of carbonyl (C=O) groups excluding carboxylic acids is 1. The Morgan fingerprint density at radius 2 is 1.84 bits per heavy atom. The van der Waals surface area contributed by atoms with E-state index in [0.717, 1.165) is 0 Å². The number of anilines is 1. The van der Waals surface area contributed by atoms with Gasteiger partial charge in [-0.15, -0.1) is 0 Å². The van der Waals surface area contributed by atoms with Crippen LogP contribution in [0, 0.1) is 5.82 Å². The van der Waals surface area contributed by atoms with E-state index in [0.29, 0.717) is 21.3 Å². The number of hydrogen-bond donors (Lipinski definition) is 1. The lowest BCUT2D eigenvalue weighted by Crippen LogP contribution is -2.06. The molecule has 0 aromatic heterocycles. The Morgan fingerprint density at radius 3 is 2.53 bits per heavy atom. The molecule has 2 aromatic carbocycles. The molecule has 0 unspecified atom stereocenters. The standard InChI is InChI=1S/C14H10Cl2FNO/c15-10-1-2-13(17)8(3-10)6-14(19)9-4-11(16)7-12(18)5-9/h1-5,7H,6,18H2. The van der Waals surface area contributed by atoms with Gasteiger partial charge in [-0.1, -0.05) is 23.2 Å². The zero-order chi connectivity index (χ0) is 14.0. The van der Waals surface area contributed by atoms with E-state index in [1.165, 1.54) is 36.4 Å². The molecule has 2 N–H and O–H groups in total. The van der Waals surface area contributed by atoms with Crippen LogP contribution in [0.5, 0.6) is 0 Å². The summed E-state index contributed by atoms with van der Waals surface area (Å²) < 4.78 is 13.5. The third-order valence-corrected chi connectivity index (χ3v) is 3.05. The van der Waals surface area contributed by atoms with Gasteiger partial charge < -0.3 is 5.73 Å². The van der Waals surface area contributed by atoms with Gasteiger partial charge in [-0.2, -0.15) is 0 Å². The highest BCUT2D eigenvalue weighted by Gasteiger charge is 2.12. The van der Waals surface area contributed by atoms with Crippen LogP contribution in [-0.4, -0.2) is 5.78 Å². The summed E-state index contributed by atoms with van der Waals surface area (Å²) in [5.74, 6) is -0.733. The fraction of sp³-hybridized carbons (Fsp3) is 0.0714. The van der Waals surface area contributed by atoms with Crippen LogP contribution in [0.2, 0.25) is 10.0 Å². The molecule has 0 amide bonds. The van der Waals surface area contributed by atoms with Crippen LogP contribution in [0.15, 0.2) is 36.4 Å². The maximum atomic E-state index is 13.5. The molecule has 0 aliphatic heterocycles. The summed E-state index contributed by atoms with van der Waals surface area (Å²) in [4.78, 5) is 12.1. The minimum atomic E-state index is -0.465. The van der Waals surface area contributed by atoms with Crippen LogP contribution < -0.4 is 5.73 Å². The molecule has 2 aromatic rings. The van der Waals surface area contributed by atoms with Gasteiger partial charge in [-0.05, 0) is 42.0 Å². The van der Waals surface area contributed by atoms with Crippen LogP contribution in [0.25, 0.3) is 0 Å². The molecule has 0 saturated heterocycles. The van der Waals surface area contributed by atoms with Crippen LogP contribution in [0.4, 0.5) is 10.1 Å². The van der Waals surface area contributed by atoms with E-state index < -0.39 is 5.82 Å². The summed E-state index contributed by atoms with van der Waals surface area (Å²) in [5, 5.41) is 0.754. The van der Waals surface area contributed by atoms with E-state index in [9.17, 15) is 9.18 Å². The molecule has 0 heterocycles. The quantitative estimate of drug-likeness (QED) is 0.683. The second-order valence-corrected chi connectivity index (χ2v) is 4.98. The molecule has 0 radical (unpaired) electrons. The molecule has 98 valence electrons. The smallest absolute Gasteiger partial charge is 0.167 e. The van der Waals surface area contributed by atoms with Crippen LogP contribution in [0.3, 0.4) is 0 Å². The van der Waals surface area contributed by atoms with Crippen LogP contribution in [0.1, 0.15) is 15.9 Å². The van der Waals surface area contributed by atoms with Crippen molar-refractivity contribution in [1.29, 1.82) is 0 Å². The van der Waals surface area contributed by atoms with Crippen molar-refractivity contribution in [3.8, 4) is 0 Å². The maximum absolute atomic E-state index is 13.5. The van der Waals surface area contributed by atoms with Crippen molar-refractivity contribution >= 4 is 34.7 Å². The van der Waals surface area contributed by atoms with Gasteiger partial charge in [0, 0.05) is 27.7 Å². The monoisotopic (exact) mass is 297 g/mol. The molecule has 0 bridgehead atoms. The Balaban J connectivity index is 2.28. The zero-order valence-electron chi connectivity index (χ0n) is 9.79. The topological polar surface area (TPSA) is 43.1 Å². The number of rotatable bonds is 3. The van der Waals surface area contributed by atoms with Gasteiger partial charge in [-0.3, -0.25) is 4.79 Å². The van der Waals surface area contributed by atoms with Crippen molar-refractivity contribution in [3.05, 3.63) is 63.4 Å². The molecule has 0 aliphatic rings. The first-order chi connectivity index (χ1) is 8.95. The Labute approximate surface area is 119 Å². The van der Waals surface area contributed by atoms with Crippen molar-refractivity contribution in [2.24, 2.45) is 0 Å². The molecule has 5 heteroatoms. The highest BCUT2D eigenvalue weighted by Crippen LogP contribution is 2.20. The molecule has 2 nitrogen and oxygen atoms in total. The minimum Gasteiger partial charge on any atom is -0.399 e. The van der Waals surface area contributed by atoms with E-state index in [2.05, 4.69) is 0 Å². The molecule has 19 heavy (non-hydrogen) atoms. The van der Waals surface area contributed by atoms with E-state index >= 15 is 0 Å². The lowest BCUT2D eigenvalue weighted by Gasteiger charge is -2.05. The molecular weight excluding hydrogens is 288 g/mol. The zero-order valence-corrected chi connectivity index (χ0v) is 11.3. The van der Waals surface area contributed by atoms with E-state index in [-0.39, 0.29) is 17.8 Å². The van der Waals surface area contributed by atoms with Gasteiger partial charge in [0.2, 0.25) is 0 Å². The first-order valence-electron chi connectivity index (χ1n) is 5.49. The molecule has 0 spiro atoms. The normalized spacial score (nSPS) is 10.5. The fourth-order valence-electron chi connectivity index (χ4n) is 1.73. The van der Waals surface area contributed by atoms with E-state index in [4.69, 9.17) is 28.9 Å². The summed E-state index contributed by atoms with van der Waals surface area (Å²) in [5.41, 5.74) is 6.60. The summed E-state index contributed by atoms with van der Waals surface area (Å²) in [6, 6.07) is 8.65. The van der Waals surface area contributed by atoms with Gasteiger partial charge >= 0.3 is 0 Å². The van der Waals surface area contributed by atoms with Crippen molar-refractivity contribution in [3.63, 3.8) is 0 Å². The molecule has 0 aliphatic carbocycles. The summed E-state index contributed by atoms with van der Waals surface area (Å²) in [6.07, 6.45) is -0.0911. The van der Waals surface area contributed by atoms with E-state index in [1.807, 2.05) is 0 Å². The second-order valence-electron chi connectivity index (χ2n) is 4.11. The lowest BCUT2D eigenvalue weighted by atomic mass is 10.0. The molecule has 0 atom stereocenters. The predicted octanol–water partition coefficient (Wildman–Crippen LogP) is 4.14. The van der Waals surface area contributed by atoms with Gasteiger partial charge in [0.05, 0.1) is 0 Å². The Kier molecular flexibility index (Phi) is 4.08. The van der Waals surface area contributed by atoms with Crippen molar-refractivity contribution in [2.75, 3.05) is 5.73 Å². The first kappa shape index (κ1) is 13.8. The number of hydrogen-bond acceptors (Lipinski definition) is 2. The average Bonchev–Trinajstić information content (AvgIpc) is 2.32. The van der Waals surface area contributed by atoms with Gasteiger partial charge in [0.1, 0.15) is 5.82 Å². The van der Waals surface area contributed by atoms with Crippen molar-refractivity contribution < 1.29 is 9.18 Å². The Bertz CT molecular complexity index is 623. The number of halogens is 3. The number of nitrogens with two attached hydrogens (primary N) is 1. The minimum absolute atomic E-state index is 0.0911. The SMILES string of the molecule is Nc1cc(Cl)cc(C(=O)Cc2cc(Cl)ccc2F)c1. The molecule has 0 fully saturated rings. The fourth-order valence-corrected chi connectivity index (χ4v) is 2.17. The number of nitrogen functional groups attached to an aromatic ring is 1. The number of Topliss-reactive ketones (excluding diaryl/α,β-unsaturated/α-hetero) is 1. The van der Waals surface area contributed by atoms with Gasteiger partial charge in [0.25, 0.3) is 0 Å². The van der Waals surface area contributed by atoms with Crippen molar-refractivity contribution in [2.45, 2.75) is 6.42 Å². The Morgan fingerprint density at radius 1 is 1.11 bits per heavy atom. The molecule has 0 saturated carbocycles. The van der Waals surface area contributed by atoms with Gasteiger partial charge in [0.15, 0.2) is 5.78 Å². The number of benzene rings is 2. The molecule has 2 rings (SSSR count). The highest BCUT2D eigenvalue weighted by atomic mass is 35.5. The van der Waals surface area contributed by atoms with Crippen molar-refractivity contribution in [1.82, 2.24) is 0 Å². The van der Waals surface area contributed by atoms with Crippen LogP contribution >= 0.6 is 23.2 Å². The van der Waals surface area contributed by atoms with Gasteiger partial charge in [-0.25, -0.2) is 4.39 Å². The lowest BCUT2D eigenvalue weighted by molar-refractivity contribution is 0.0992. The van der Waals surface area contributed by atoms with Crippen LogP contribution in [-0.2, 0) is 6.42 Å². The third-order valence-electron chi connectivity index (χ3n) is 2.60. The highest BCUT2D eigenvalue weighted by molar-refractivity contribution is 6.31. The number of ketones is 1. The first-order valence-corrected chi connectivity index (χ1v) is 6.24. The summed E-state index contributed by atoms with van der Waals surface area (Å²) >= 11 is 11.6. The average molecular weight is 298 g/mol. The third kappa shape index (κ3) is 3.46. The predicted molar refractivity (Wildman–Crippen MR) is 75.3 cm³/mol. The second kappa shape index (κ2) is 5.59. The largest absolute Gasteiger partial charge is 0.399 e. The summed E-state index contributed by atoms with van der Waals surface area (Å²) in [6.45, 7) is 0.